The molecule has 4 aromatic rings. The molecule has 0 fully saturated rings. The molecule has 6 heteroatoms. The second-order valence-electron chi connectivity index (χ2n) is 5.47. The molecule has 1 N–H and O–H groups in total. The smallest absolute Gasteiger partial charge is 0.258 e. The first-order chi connectivity index (χ1) is 12.3. The molecule has 6 nitrogen and oxygen atoms in total. The number of ether oxygens (including phenoxy) is 2. The molecule has 0 amide bonds. The number of H-pyrrole nitrogens is 1. The average Bonchev–Trinajstić information content (AvgIpc) is 3.31. The molecule has 2 aromatic heterocycles. The van der Waals surface area contributed by atoms with E-state index in [1.54, 1.807) is 7.11 Å². The molecule has 0 unspecified atom stereocenters. The third-order valence-corrected chi connectivity index (χ3v) is 3.97. The van der Waals surface area contributed by atoms with Crippen LogP contribution in [0.25, 0.3) is 33.7 Å². The fourth-order valence-electron chi connectivity index (χ4n) is 2.81. The summed E-state index contributed by atoms with van der Waals surface area (Å²) in [5, 5.41) is 5.19. The monoisotopic (exact) mass is 335 g/mol. The molecule has 2 aromatic carbocycles. The lowest BCUT2D eigenvalue weighted by atomic mass is 10.1. The highest BCUT2D eigenvalue weighted by molar-refractivity contribution is 5.93. The van der Waals surface area contributed by atoms with Gasteiger partial charge in [0, 0.05) is 28.2 Å². The molecular formula is C19H17N3O3. The Balaban J connectivity index is 1.73. The fraction of sp³-hybridized carbons (Fsp3) is 0.158. The van der Waals surface area contributed by atoms with Crippen LogP contribution in [0, 0.1) is 0 Å². The summed E-state index contributed by atoms with van der Waals surface area (Å²) in [6, 6.07) is 13.5. The third-order valence-electron chi connectivity index (χ3n) is 3.97. The van der Waals surface area contributed by atoms with Crippen molar-refractivity contribution in [3.63, 3.8) is 0 Å². The highest BCUT2D eigenvalue weighted by Crippen LogP contribution is 2.33. The van der Waals surface area contributed by atoms with E-state index < -0.39 is 0 Å². The molecule has 0 aliphatic heterocycles. The Labute approximate surface area is 144 Å². The summed E-state index contributed by atoms with van der Waals surface area (Å²) >= 11 is 0. The predicted octanol–water partition coefficient (Wildman–Crippen LogP) is 4.29. The largest absolute Gasteiger partial charge is 0.493 e. The minimum Gasteiger partial charge on any atom is -0.493 e. The van der Waals surface area contributed by atoms with Crippen LogP contribution in [0.1, 0.15) is 6.92 Å². The minimum atomic E-state index is 0.434. The zero-order chi connectivity index (χ0) is 17.2. The normalized spacial score (nSPS) is 11.0. The number of nitrogens with one attached hydrogen (secondary N) is 1. The summed E-state index contributed by atoms with van der Waals surface area (Å²) in [6.45, 7) is 2.50. The van der Waals surface area contributed by atoms with E-state index in [1.165, 1.54) is 0 Å². The molecule has 25 heavy (non-hydrogen) atoms. The van der Waals surface area contributed by atoms with Crippen molar-refractivity contribution in [2.75, 3.05) is 13.7 Å². The highest BCUT2D eigenvalue weighted by atomic mass is 16.5. The van der Waals surface area contributed by atoms with Crippen molar-refractivity contribution in [1.29, 1.82) is 0 Å². The van der Waals surface area contributed by atoms with Crippen molar-refractivity contribution in [1.82, 2.24) is 15.1 Å². The summed E-state index contributed by atoms with van der Waals surface area (Å²) in [7, 11) is 1.60. The number of hydrogen-bond acceptors (Lipinski definition) is 5. The minimum absolute atomic E-state index is 0.434. The lowest BCUT2D eigenvalue weighted by molar-refractivity contribution is 0.311. The van der Waals surface area contributed by atoms with Gasteiger partial charge in [-0.05, 0) is 37.3 Å². The molecule has 0 saturated heterocycles. The molecule has 0 bridgehead atoms. The van der Waals surface area contributed by atoms with Crippen LogP contribution in [0.2, 0.25) is 0 Å². The van der Waals surface area contributed by atoms with Gasteiger partial charge in [0.1, 0.15) is 0 Å². The van der Waals surface area contributed by atoms with Crippen molar-refractivity contribution >= 4 is 10.9 Å². The maximum absolute atomic E-state index is 5.54. The fourth-order valence-corrected chi connectivity index (χ4v) is 2.81. The number of aromatic amines is 1. The summed E-state index contributed by atoms with van der Waals surface area (Å²) in [5.41, 5.74) is 2.73. The number of benzene rings is 2. The van der Waals surface area contributed by atoms with E-state index in [0.717, 1.165) is 22.0 Å². The molecule has 0 spiro atoms. The Morgan fingerprint density at radius 3 is 2.88 bits per heavy atom. The Hall–Kier alpha value is -3.28. The van der Waals surface area contributed by atoms with E-state index in [0.29, 0.717) is 29.8 Å². The van der Waals surface area contributed by atoms with Gasteiger partial charge in [-0.1, -0.05) is 17.3 Å². The molecule has 0 aliphatic rings. The van der Waals surface area contributed by atoms with Gasteiger partial charge in [-0.15, -0.1) is 0 Å². The van der Waals surface area contributed by atoms with Crippen molar-refractivity contribution in [2.45, 2.75) is 6.92 Å². The van der Waals surface area contributed by atoms with Crippen LogP contribution in [0.5, 0.6) is 11.5 Å². The van der Waals surface area contributed by atoms with Crippen LogP contribution in [0.4, 0.5) is 0 Å². The van der Waals surface area contributed by atoms with Crippen LogP contribution in [0.15, 0.2) is 53.2 Å². The predicted molar refractivity (Wildman–Crippen MR) is 94.7 cm³/mol. The number of fused-ring (bicyclic) bond motifs is 1. The summed E-state index contributed by atoms with van der Waals surface area (Å²) in [6.07, 6.45) is 1.90. The van der Waals surface area contributed by atoms with E-state index >= 15 is 0 Å². The Kier molecular flexibility index (Phi) is 3.85. The lowest BCUT2D eigenvalue weighted by Gasteiger charge is -2.09. The first kappa shape index (κ1) is 15.3. The molecular weight excluding hydrogens is 318 g/mol. The zero-order valence-corrected chi connectivity index (χ0v) is 13.9. The van der Waals surface area contributed by atoms with Gasteiger partial charge < -0.3 is 19.0 Å². The van der Waals surface area contributed by atoms with Crippen LogP contribution < -0.4 is 9.47 Å². The second-order valence-corrected chi connectivity index (χ2v) is 5.47. The topological polar surface area (TPSA) is 73.2 Å². The van der Waals surface area contributed by atoms with E-state index in [4.69, 9.17) is 14.0 Å². The van der Waals surface area contributed by atoms with Crippen molar-refractivity contribution in [3.8, 4) is 34.3 Å². The van der Waals surface area contributed by atoms with E-state index in [-0.39, 0.29) is 0 Å². The van der Waals surface area contributed by atoms with E-state index in [1.807, 2.05) is 55.6 Å². The molecule has 0 radical (unpaired) electrons. The van der Waals surface area contributed by atoms with Crippen LogP contribution in [-0.4, -0.2) is 28.8 Å². The van der Waals surface area contributed by atoms with Gasteiger partial charge in [-0.2, -0.15) is 4.98 Å². The van der Waals surface area contributed by atoms with Crippen LogP contribution in [-0.2, 0) is 0 Å². The van der Waals surface area contributed by atoms with Crippen molar-refractivity contribution < 1.29 is 14.0 Å². The molecule has 4 rings (SSSR count). The Morgan fingerprint density at radius 1 is 1.12 bits per heavy atom. The Morgan fingerprint density at radius 2 is 2.04 bits per heavy atom. The molecule has 126 valence electrons. The SMILES string of the molecule is CCOc1ccc(-c2nc(-c3cccc4[nH]ccc34)no2)cc1OC. The van der Waals surface area contributed by atoms with Crippen LogP contribution in [0.3, 0.4) is 0 Å². The summed E-state index contributed by atoms with van der Waals surface area (Å²) < 4.78 is 16.4. The quantitative estimate of drug-likeness (QED) is 0.589. The first-order valence-corrected chi connectivity index (χ1v) is 8.01. The third kappa shape index (κ3) is 2.71. The van der Waals surface area contributed by atoms with Gasteiger partial charge in [-0.25, -0.2) is 0 Å². The summed E-state index contributed by atoms with van der Waals surface area (Å²) in [4.78, 5) is 7.73. The number of rotatable bonds is 5. The molecule has 0 aliphatic carbocycles. The van der Waals surface area contributed by atoms with Gasteiger partial charge in [0.05, 0.1) is 13.7 Å². The number of methoxy groups -OCH3 is 1. The summed E-state index contributed by atoms with van der Waals surface area (Å²) in [5.74, 6) is 2.30. The molecule has 0 atom stereocenters. The maximum Gasteiger partial charge on any atom is 0.258 e. The zero-order valence-electron chi connectivity index (χ0n) is 13.9. The van der Waals surface area contributed by atoms with Gasteiger partial charge in [0.15, 0.2) is 11.5 Å². The van der Waals surface area contributed by atoms with Gasteiger partial charge in [0.2, 0.25) is 5.82 Å². The number of aromatic nitrogens is 3. The second kappa shape index (κ2) is 6.32. The van der Waals surface area contributed by atoms with E-state index in [2.05, 4.69) is 15.1 Å². The van der Waals surface area contributed by atoms with Gasteiger partial charge in [0.25, 0.3) is 5.89 Å². The van der Waals surface area contributed by atoms with E-state index in [9.17, 15) is 0 Å². The number of nitrogens with zero attached hydrogens (tertiary/aromatic N) is 2. The highest BCUT2D eigenvalue weighted by Gasteiger charge is 2.15. The lowest BCUT2D eigenvalue weighted by Crippen LogP contribution is -1.95. The molecule has 0 saturated carbocycles. The number of hydrogen-bond donors (Lipinski definition) is 1. The molecule has 2 heterocycles. The maximum atomic E-state index is 5.54. The van der Waals surface area contributed by atoms with Crippen LogP contribution >= 0.6 is 0 Å². The Bertz CT molecular complexity index is 1020. The first-order valence-electron chi connectivity index (χ1n) is 8.01. The standard InChI is InChI=1S/C19H17N3O3/c1-3-24-16-8-7-12(11-17(16)23-2)19-21-18(22-25-19)14-5-4-6-15-13(14)9-10-20-15/h4-11,20H,3H2,1-2H3. The van der Waals surface area contributed by atoms with Crippen molar-refractivity contribution in [2.24, 2.45) is 0 Å². The average molecular weight is 335 g/mol. The van der Waals surface area contributed by atoms with Gasteiger partial charge >= 0.3 is 0 Å². The van der Waals surface area contributed by atoms with Gasteiger partial charge in [-0.3, -0.25) is 0 Å². The van der Waals surface area contributed by atoms with Crippen molar-refractivity contribution in [3.05, 3.63) is 48.7 Å².